The van der Waals surface area contributed by atoms with Crippen molar-refractivity contribution in [3.05, 3.63) is 61.6 Å². The SMILES string of the molecule is Cc1nc2ccc(NC(=O)c3ccc(Br)c([N+](=O)[O-])c3)cc2s1. The molecule has 1 N–H and O–H groups in total. The molecule has 23 heavy (non-hydrogen) atoms. The Kier molecular flexibility index (Phi) is 4.10. The number of rotatable bonds is 3. The summed E-state index contributed by atoms with van der Waals surface area (Å²) in [5.74, 6) is -0.402. The molecule has 3 rings (SSSR count). The number of nitrogens with one attached hydrogen (secondary N) is 1. The van der Waals surface area contributed by atoms with Crippen LogP contribution in [0, 0.1) is 17.0 Å². The highest BCUT2D eigenvalue weighted by Gasteiger charge is 2.16. The molecular weight excluding hydrogens is 382 g/mol. The van der Waals surface area contributed by atoms with Crippen LogP contribution in [0.15, 0.2) is 40.9 Å². The first kappa shape index (κ1) is 15.6. The van der Waals surface area contributed by atoms with Crippen LogP contribution in [-0.4, -0.2) is 15.8 Å². The van der Waals surface area contributed by atoms with Crippen molar-refractivity contribution in [2.75, 3.05) is 5.32 Å². The van der Waals surface area contributed by atoms with Crippen LogP contribution in [0.5, 0.6) is 0 Å². The van der Waals surface area contributed by atoms with Crippen LogP contribution in [0.1, 0.15) is 15.4 Å². The molecule has 0 atom stereocenters. The highest BCUT2D eigenvalue weighted by Crippen LogP contribution is 2.27. The normalized spacial score (nSPS) is 10.7. The average Bonchev–Trinajstić information content (AvgIpc) is 2.86. The lowest BCUT2D eigenvalue weighted by molar-refractivity contribution is -0.385. The average molecular weight is 392 g/mol. The van der Waals surface area contributed by atoms with Crippen molar-refractivity contribution in [2.45, 2.75) is 6.92 Å². The van der Waals surface area contributed by atoms with E-state index in [0.29, 0.717) is 10.2 Å². The van der Waals surface area contributed by atoms with E-state index >= 15 is 0 Å². The largest absolute Gasteiger partial charge is 0.322 e. The predicted octanol–water partition coefficient (Wildman–Crippen LogP) is 4.53. The van der Waals surface area contributed by atoms with Crippen molar-refractivity contribution in [3.63, 3.8) is 0 Å². The van der Waals surface area contributed by atoms with Crippen LogP contribution in [-0.2, 0) is 0 Å². The summed E-state index contributed by atoms with van der Waals surface area (Å²) in [6, 6.07) is 9.69. The topological polar surface area (TPSA) is 85.1 Å². The molecule has 0 aliphatic carbocycles. The van der Waals surface area contributed by atoms with Crippen LogP contribution in [0.2, 0.25) is 0 Å². The number of benzene rings is 2. The predicted molar refractivity (Wildman–Crippen MR) is 93.1 cm³/mol. The molecule has 1 aromatic heterocycles. The lowest BCUT2D eigenvalue weighted by Crippen LogP contribution is -2.12. The van der Waals surface area contributed by atoms with Crippen LogP contribution < -0.4 is 5.32 Å². The van der Waals surface area contributed by atoms with Gasteiger partial charge in [0.2, 0.25) is 0 Å². The smallest absolute Gasteiger partial charge is 0.284 e. The molecule has 2 aromatic carbocycles. The fourth-order valence-electron chi connectivity index (χ4n) is 2.11. The maximum Gasteiger partial charge on any atom is 0.284 e. The molecule has 6 nitrogen and oxygen atoms in total. The molecule has 8 heteroatoms. The quantitative estimate of drug-likeness (QED) is 0.524. The minimum atomic E-state index is -0.535. The minimum absolute atomic E-state index is 0.147. The standard InChI is InChI=1S/C15H10BrN3O3S/c1-8-17-12-5-3-10(7-14(12)23-8)18-15(20)9-2-4-11(16)13(6-9)19(21)22/h2-7H,1H3,(H,18,20). The number of carbonyl (C=O) groups is 1. The number of aromatic nitrogens is 1. The number of thiazole rings is 1. The molecule has 1 amide bonds. The van der Waals surface area contributed by atoms with Gasteiger partial charge in [-0.2, -0.15) is 0 Å². The summed E-state index contributed by atoms with van der Waals surface area (Å²) in [5.41, 5.74) is 1.58. The summed E-state index contributed by atoms with van der Waals surface area (Å²) >= 11 is 4.64. The lowest BCUT2D eigenvalue weighted by Gasteiger charge is -2.05. The van der Waals surface area contributed by atoms with Crippen molar-refractivity contribution < 1.29 is 9.72 Å². The molecule has 3 aromatic rings. The second kappa shape index (κ2) is 6.05. The van der Waals surface area contributed by atoms with Gasteiger partial charge in [0.25, 0.3) is 11.6 Å². The Hall–Kier alpha value is -2.32. The summed E-state index contributed by atoms with van der Waals surface area (Å²) in [5, 5.41) is 14.6. The molecular formula is C15H10BrN3O3S. The Morgan fingerprint density at radius 3 is 2.83 bits per heavy atom. The molecule has 0 radical (unpaired) electrons. The van der Waals surface area contributed by atoms with E-state index in [9.17, 15) is 14.9 Å². The zero-order valence-corrected chi connectivity index (χ0v) is 14.3. The van der Waals surface area contributed by atoms with Gasteiger partial charge < -0.3 is 5.32 Å². The molecule has 0 bridgehead atoms. The molecule has 0 spiro atoms. The number of carbonyl (C=O) groups excluding carboxylic acids is 1. The number of nitrogens with zero attached hydrogens (tertiary/aromatic N) is 2. The van der Waals surface area contributed by atoms with E-state index in [1.165, 1.54) is 29.5 Å². The van der Waals surface area contributed by atoms with E-state index < -0.39 is 10.8 Å². The number of halogens is 1. The van der Waals surface area contributed by atoms with Gasteiger partial charge in [0.15, 0.2) is 0 Å². The number of nitro groups is 1. The molecule has 0 fully saturated rings. The zero-order chi connectivity index (χ0) is 16.6. The van der Waals surface area contributed by atoms with E-state index in [4.69, 9.17) is 0 Å². The van der Waals surface area contributed by atoms with Crippen molar-refractivity contribution in [1.29, 1.82) is 0 Å². The van der Waals surface area contributed by atoms with E-state index in [-0.39, 0.29) is 11.3 Å². The van der Waals surface area contributed by atoms with Gasteiger partial charge in [-0.3, -0.25) is 14.9 Å². The van der Waals surface area contributed by atoms with Gasteiger partial charge >= 0.3 is 0 Å². The highest BCUT2D eigenvalue weighted by molar-refractivity contribution is 9.10. The Morgan fingerprint density at radius 1 is 1.30 bits per heavy atom. The number of nitro benzene ring substituents is 1. The first-order chi connectivity index (χ1) is 10.9. The second-order valence-electron chi connectivity index (χ2n) is 4.79. The molecule has 0 aliphatic heterocycles. The Balaban J connectivity index is 1.88. The Labute approximate surface area is 143 Å². The van der Waals surface area contributed by atoms with Gasteiger partial charge in [-0.15, -0.1) is 11.3 Å². The zero-order valence-electron chi connectivity index (χ0n) is 11.9. The monoisotopic (exact) mass is 391 g/mol. The van der Waals surface area contributed by atoms with Gasteiger partial charge in [0.05, 0.1) is 24.6 Å². The summed E-state index contributed by atoms with van der Waals surface area (Å²) in [6.07, 6.45) is 0. The molecule has 0 saturated carbocycles. The summed E-state index contributed by atoms with van der Waals surface area (Å²) < 4.78 is 1.31. The number of anilines is 1. The van der Waals surface area contributed by atoms with Gasteiger partial charge in [0.1, 0.15) is 0 Å². The third-order valence-electron chi connectivity index (χ3n) is 3.16. The van der Waals surface area contributed by atoms with Gasteiger partial charge in [-0.1, -0.05) is 0 Å². The van der Waals surface area contributed by atoms with E-state index in [1.54, 1.807) is 6.07 Å². The van der Waals surface area contributed by atoms with Gasteiger partial charge in [0, 0.05) is 17.3 Å². The maximum absolute atomic E-state index is 12.3. The van der Waals surface area contributed by atoms with Crippen molar-refractivity contribution in [3.8, 4) is 0 Å². The Morgan fingerprint density at radius 2 is 2.09 bits per heavy atom. The summed E-state index contributed by atoms with van der Waals surface area (Å²) in [7, 11) is 0. The summed E-state index contributed by atoms with van der Waals surface area (Å²) in [6.45, 7) is 1.92. The van der Waals surface area contributed by atoms with Crippen molar-refractivity contribution >= 4 is 54.8 Å². The molecule has 0 aliphatic rings. The second-order valence-corrected chi connectivity index (χ2v) is 6.88. The van der Waals surface area contributed by atoms with Gasteiger partial charge in [-0.05, 0) is 53.2 Å². The fourth-order valence-corrected chi connectivity index (χ4v) is 3.37. The molecule has 1 heterocycles. The first-order valence-electron chi connectivity index (χ1n) is 6.56. The fraction of sp³-hybridized carbons (Fsp3) is 0.0667. The number of fused-ring (bicyclic) bond motifs is 1. The lowest BCUT2D eigenvalue weighted by atomic mass is 10.2. The number of amides is 1. The maximum atomic E-state index is 12.3. The Bertz CT molecular complexity index is 939. The first-order valence-corrected chi connectivity index (χ1v) is 8.17. The third kappa shape index (κ3) is 3.22. The number of hydrogen-bond donors (Lipinski definition) is 1. The molecule has 116 valence electrons. The number of aryl methyl sites for hydroxylation is 1. The minimum Gasteiger partial charge on any atom is -0.322 e. The van der Waals surface area contributed by atoms with E-state index in [0.717, 1.165) is 15.2 Å². The molecule has 0 saturated heterocycles. The van der Waals surface area contributed by atoms with Crippen molar-refractivity contribution in [2.24, 2.45) is 0 Å². The van der Waals surface area contributed by atoms with Gasteiger partial charge in [-0.25, -0.2) is 4.98 Å². The van der Waals surface area contributed by atoms with Crippen LogP contribution in [0.3, 0.4) is 0 Å². The molecule has 0 unspecified atom stereocenters. The van der Waals surface area contributed by atoms with Crippen molar-refractivity contribution in [1.82, 2.24) is 4.98 Å². The van der Waals surface area contributed by atoms with Crippen LogP contribution in [0.25, 0.3) is 10.2 Å². The highest BCUT2D eigenvalue weighted by atomic mass is 79.9. The van der Waals surface area contributed by atoms with E-state index in [2.05, 4.69) is 26.2 Å². The van der Waals surface area contributed by atoms with Crippen LogP contribution >= 0.6 is 27.3 Å². The number of hydrogen-bond acceptors (Lipinski definition) is 5. The summed E-state index contributed by atoms with van der Waals surface area (Å²) in [4.78, 5) is 27.0. The third-order valence-corrected chi connectivity index (χ3v) is 4.76. The van der Waals surface area contributed by atoms with E-state index in [1.807, 2.05) is 19.1 Å². The van der Waals surface area contributed by atoms with Crippen LogP contribution in [0.4, 0.5) is 11.4 Å².